The van der Waals surface area contributed by atoms with Crippen LogP contribution in [0.4, 0.5) is 0 Å². The summed E-state index contributed by atoms with van der Waals surface area (Å²) in [5.74, 6) is 0.227. The van der Waals surface area contributed by atoms with Crippen LogP contribution in [0.2, 0.25) is 0 Å². The summed E-state index contributed by atoms with van der Waals surface area (Å²) in [5.41, 5.74) is 1.53. The Morgan fingerprint density at radius 2 is 1.95 bits per heavy atom. The van der Waals surface area contributed by atoms with Gasteiger partial charge in [0.05, 0.1) is 10.6 Å². The van der Waals surface area contributed by atoms with Gasteiger partial charge in [0.15, 0.2) is 15.4 Å². The predicted octanol–water partition coefficient (Wildman–Crippen LogP) is 2.68. The van der Waals surface area contributed by atoms with Crippen LogP contribution in [0.5, 0.6) is 0 Å². The molecule has 2 aromatic heterocycles. The van der Waals surface area contributed by atoms with Gasteiger partial charge in [-0.25, -0.2) is 18.4 Å². The Balaban J connectivity index is 2.25. The molecule has 0 atom stereocenters. The average Bonchev–Trinajstić information content (AvgIpc) is 2.91. The maximum atomic E-state index is 12.1. The molecule has 0 aliphatic heterocycles. The first kappa shape index (κ1) is 12.8. The van der Waals surface area contributed by atoms with Gasteiger partial charge >= 0.3 is 0 Å². The molecule has 0 fully saturated rings. The first-order valence-electron chi connectivity index (χ1n) is 6.15. The molecule has 2 heterocycles. The summed E-state index contributed by atoms with van der Waals surface area (Å²) >= 11 is 0. The van der Waals surface area contributed by atoms with E-state index in [1.165, 1.54) is 12.3 Å². The van der Waals surface area contributed by atoms with Crippen molar-refractivity contribution in [1.82, 2.24) is 9.97 Å². The highest BCUT2D eigenvalue weighted by Crippen LogP contribution is 2.28. The van der Waals surface area contributed by atoms with Crippen LogP contribution in [0.3, 0.4) is 0 Å². The summed E-state index contributed by atoms with van der Waals surface area (Å²) in [5, 5.41) is 0. The lowest BCUT2D eigenvalue weighted by molar-refractivity contribution is 0.592. The van der Waals surface area contributed by atoms with Crippen molar-refractivity contribution >= 4 is 20.9 Å². The van der Waals surface area contributed by atoms with E-state index in [1.807, 2.05) is 12.1 Å². The number of rotatable bonds is 3. The minimum absolute atomic E-state index is 0.00587. The molecule has 3 rings (SSSR count). The van der Waals surface area contributed by atoms with E-state index in [1.54, 1.807) is 25.1 Å². The van der Waals surface area contributed by atoms with Crippen LogP contribution in [0.15, 0.2) is 51.9 Å². The normalized spacial score (nSPS) is 11.8. The molecular formula is C14H12N2O3S. The molecule has 6 heteroatoms. The third kappa shape index (κ3) is 2.08. The molecule has 0 spiro atoms. The fraction of sp³-hybridized carbons (Fsp3) is 0.143. The predicted molar refractivity (Wildman–Crippen MR) is 75.0 cm³/mol. The Hall–Kier alpha value is -2.21. The Kier molecular flexibility index (Phi) is 3.02. The third-order valence-corrected chi connectivity index (χ3v) is 4.74. The van der Waals surface area contributed by atoms with Gasteiger partial charge in [0.2, 0.25) is 5.89 Å². The topological polar surface area (TPSA) is 73.1 Å². The van der Waals surface area contributed by atoms with E-state index in [9.17, 15) is 8.42 Å². The van der Waals surface area contributed by atoms with E-state index in [4.69, 9.17) is 4.42 Å². The summed E-state index contributed by atoms with van der Waals surface area (Å²) < 4.78 is 29.8. The van der Waals surface area contributed by atoms with Crippen LogP contribution in [-0.2, 0) is 9.84 Å². The number of hydrogen-bond donors (Lipinski definition) is 0. The van der Waals surface area contributed by atoms with Gasteiger partial charge in [-0.3, -0.25) is 0 Å². The number of fused-ring (bicyclic) bond motifs is 1. The molecule has 20 heavy (non-hydrogen) atoms. The van der Waals surface area contributed by atoms with Gasteiger partial charge in [-0.2, -0.15) is 0 Å². The molecular weight excluding hydrogens is 276 g/mol. The number of sulfone groups is 1. The maximum Gasteiger partial charge on any atom is 0.247 e. The van der Waals surface area contributed by atoms with Crippen molar-refractivity contribution in [3.63, 3.8) is 0 Å². The molecule has 102 valence electrons. The highest BCUT2D eigenvalue weighted by Gasteiger charge is 2.21. The molecule has 0 aliphatic carbocycles. The van der Waals surface area contributed by atoms with Crippen molar-refractivity contribution in [2.24, 2.45) is 0 Å². The lowest BCUT2D eigenvalue weighted by Gasteiger charge is -2.04. The third-order valence-electron chi connectivity index (χ3n) is 2.98. The molecule has 0 aliphatic rings. The van der Waals surface area contributed by atoms with Gasteiger partial charge in [0.25, 0.3) is 0 Å². The molecule has 0 N–H and O–H groups in total. The molecule has 0 amide bonds. The average molecular weight is 288 g/mol. The number of nitrogens with zero attached hydrogens (tertiary/aromatic N) is 2. The lowest BCUT2D eigenvalue weighted by atomic mass is 10.3. The molecule has 1 aromatic carbocycles. The maximum absolute atomic E-state index is 12.1. The number of aromatic nitrogens is 2. The Labute approximate surface area is 116 Å². The van der Waals surface area contributed by atoms with Gasteiger partial charge in [0.1, 0.15) is 11.2 Å². The Morgan fingerprint density at radius 3 is 2.70 bits per heavy atom. The molecule has 3 aromatic rings. The molecule has 0 saturated heterocycles. The minimum Gasteiger partial charge on any atom is -0.435 e. The minimum atomic E-state index is -3.38. The first-order chi connectivity index (χ1) is 9.62. The van der Waals surface area contributed by atoms with E-state index >= 15 is 0 Å². The fourth-order valence-corrected chi connectivity index (χ4v) is 2.96. The summed E-state index contributed by atoms with van der Waals surface area (Å²) in [7, 11) is -3.38. The zero-order chi connectivity index (χ0) is 14.2. The fourth-order valence-electron chi connectivity index (χ4n) is 1.93. The molecule has 0 radical (unpaired) electrons. The van der Waals surface area contributed by atoms with Gasteiger partial charge in [-0.05, 0) is 24.3 Å². The van der Waals surface area contributed by atoms with E-state index in [2.05, 4.69) is 9.97 Å². The van der Waals surface area contributed by atoms with Crippen molar-refractivity contribution in [3.8, 4) is 11.6 Å². The molecule has 5 nitrogen and oxygen atoms in total. The standard InChI is InChI=1S/C14H12N2O3S/c1-2-20(17,18)12-8-5-9-15-13(12)14-16-10-6-3-4-7-11(10)19-14/h3-9H,2H2,1H3. The number of oxazole rings is 1. The largest absolute Gasteiger partial charge is 0.435 e. The second-order valence-electron chi connectivity index (χ2n) is 4.24. The van der Waals surface area contributed by atoms with Crippen LogP contribution >= 0.6 is 0 Å². The first-order valence-corrected chi connectivity index (χ1v) is 7.81. The number of hydrogen-bond acceptors (Lipinski definition) is 5. The van der Waals surface area contributed by atoms with Gasteiger partial charge in [-0.15, -0.1) is 0 Å². The van der Waals surface area contributed by atoms with Crippen molar-refractivity contribution in [1.29, 1.82) is 0 Å². The van der Waals surface area contributed by atoms with Crippen LogP contribution in [0.1, 0.15) is 6.92 Å². The Morgan fingerprint density at radius 1 is 1.15 bits per heavy atom. The smallest absolute Gasteiger partial charge is 0.247 e. The number of benzene rings is 1. The van der Waals surface area contributed by atoms with Gasteiger partial charge in [-0.1, -0.05) is 19.1 Å². The zero-order valence-electron chi connectivity index (χ0n) is 10.8. The summed E-state index contributed by atoms with van der Waals surface area (Å²) in [6.45, 7) is 1.60. The Bertz CT molecular complexity index is 836. The molecule has 0 saturated carbocycles. The molecule has 0 bridgehead atoms. The van der Waals surface area contributed by atoms with Crippen molar-refractivity contribution in [2.45, 2.75) is 11.8 Å². The van der Waals surface area contributed by atoms with E-state index in [0.29, 0.717) is 11.1 Å². The lowest BCUT2D eigenvalue weighted by Crippen LogP contribution is -2.06. The van der Waals surface area contributed by atoms with Crippen LogP contribution < -0.4 is 0 Å². The summed E-state index contributed by atoms with van der Waals surface area (Å²) in [4.78, 5) is 8.57. The van der Waals surface area contributed by atoms with Gasteiger partial charge in [0, 0.05) is 6.20 Å². The second-order valence-corrected chi connectivity index (χ2v) is 6.49. The highest BCUT2D eigenvalue weighted by atomic mass is 32.2. The van der Waals surface area contributed by atoms with Crippen molar-refractivity contribution < 1.29 is 12.8 Å². The number of para-hydroxylation sites is 2. The zero-order valence-corrected chi connectivity index (χ0v) is 11.6. The second kappa shape index (κ2) is 4.72. The van der Waals surface area contributed by atoms with Crippen molar-refractivity contribution in [3.05, 3.63) is 42.6 Å². The van der Waals surface area contributed by atoms with E-state index < -0.39 is 9.84 Å². The molecule has 0 unspecified atom stereocenters. The summed E-state index contributed by atoms with van der Waals surface area (Å²) in [6, 6.07) is 10.4. The van der Waals surface area contributed by atoms with Gasteiger partial charge < -0.3 is 4.42 Å². The van der Waals surface area contributed by atoms with Crippen LogP contribution in [-0.4, -0.2) is 24.1 Å². The van der Waals surface area contributed by atoms with Crippen LogP contribution in [0.25, 0.3) is 22.7 Å². The van der Waals surface area contributed by atoms with E-state index in [0.717, 1.165) is 0 Å². The highest BCUT2D eigenvalue weighted by molar-refractivity contribution is 7.91. The quantitative estimate of drug-likeness (QED) is 0.741. The SMILES string of the molecule is CCS(=O)(=O)c1cccnc1-c1nc2ccccc2o1. The van der Waals surface area contributed by atoms with E-state index in [-0.39, 0.29) is 22.2 Å². The monoisotopic (exact) mass is 288 g/mol. The number of pyridine rings is 1. The summed E-state index contributed by atoms with van der Waals surface area (Å²) in [6.07, 6.45) is 1.53. The van der Waals surface area contributed by atoms with Crippen LogP contribution in [0, 0.1) is 0 Å². The van der Waals surface area contributed by atoms with Crippen molar-refractivity contribution in [2.75, 3.05) is 5.75 Å².